The van der Waals surface area contributed by atoms with Gasteiger partial charge in [0, 0.05) is 32.5 Å². The first-order chi connectivity index (χ1) is 7.86. The van der Waals surface area contributed by atoms with Gasteiger partial charge in [-0.25, -0.2) is 4.98 Å². The summed E-state index contributed by atoms with van der Waals surface area (Å²) in [5.41, 5.74) is 2.14. The van der Waals surface area contributed by atoms with Crippen LogP contribution in [-0.4, -0.2) is 16.1 Å². The Morgan fingerprint density at radius 2 is 2.12 bits per heavy atom. The summed E-state index contributed by atoms with van der Waals surface area (Å²) in [6.45, 7) is 2.50. The highest BCUT2D eigenvalue weighted by molar-refractivity contribution is 5.22. The van der Waals surface area contributed by atoms with Gasteiger partial charge in [0.2, 0.25) is 0 Å². The first-order valence-corrected chi connectivity index (χ1v) is 6.18. The molecule has 16 heavy (non-hydrogen) atoms. The lowest BCUT2D eigenvalue weighted by Crippen LogP contribution is -2.36. The van der Waals surface area contributed by atoms with Gasteiger partial charge in [-0.05, 0) is 12.8 Å². The predicted octanol–water partition coefficient (Wildman–Crippen LogP) is 0.615. The SMILES string of the molecule is O=c1c2c(nc3n1CCCCC3)CCNC2. The summed E-state index contributed by atoms with van der Waals surface area (Å²) in [6, 6.07) is 0. The first-order valence-electron chi connectivity index (χ1n) is 6.18. The van der Waals surface area contributed by atoms with Crippen molar-refractivity contribution in [3.05, 3.63) is 27.4 Å². The Kier molecular flexibility index (Phi) is 2.52. The van der Waals surface area contributed by atoms with E-state index in [-0.39, 0.29) is 5.56 Å². The van der Waals surface area contributed by atoms with Crippen molar-refractivity contribution in [2.75, 3.05) is 6.54 Å². The summed E-state index contributed by atoms with van der Waals surface area (Å²) < 4.78 is 1.90. The highest BCUT2D eigenvalue weighted by atomic mass is 16.1. The summed E-state index contributed by atoms with van der Waals surface area (Å²) in [5.74, 6) is 1.02. The lowest BCUT2D eigenvalue weighted by atomic mass is 10.1. The van der Waals surface area contributed by atoms with Gasteiger partial charge in [-0.1, -0.05) is 6.42 Å². The molecular formula is C12H17N3O. The van der Waals surface area contributed by atoms with E-state index in [0.29, 0.717) is 6.54 Å². The fourth-order valence-corrected chi connectivity index (χ4v) is 2.64. The van der Waals surface area contributed by atoms with Crippen LogP contribution in [0.25, 0.3) is 0 Å². The van der Waals surface area contributed by atoms with Gasteiger partial charge in [-0.3, -0.25) is 9.36 Å². The van der Waals surface area contributed by atoms with Crippen molar-refractivity contribution < 1.29 is 0 Å². The average molecular weight is 219 g/mol. The number of hydrogen-bond donors (Lipinski definition) is 1. The molecule has 0 bridgehead atoms. The molecule has 0 unspecified atom stereocenters. The fourth-order valence-electron chi connectivity index (χ4n) is 2.64. The number of aromatic nitrogens is 2. The highest BCUT2D eigenvalue weighted by Crippen LogP contribution is 2.14. The van der Waals surface area contributed by atoms with Crippen LogP contribution in [0.4, 0.5) is 0 Å². The molecule has 86 valence electrons. The van der Waals surface area contributed by atoms with Crippen LogP contribution in [0.15, 0.2) is 4.79 Å². The van der Waals surface area contributed by atoms with Crippen LogP contribution in [0.3, 0.4) is 0 Å². The molecule has 0 saturated carbocycles. The molecule has 0 spiro atoms. The maximum Gasteiger partial charge on any atom is 0.258 e. The third kappa shape index (κ3) is 1.57. The molecule has 4 nitrogen and oxygen atoms in total. The lowest BCUT2D eigenvalue weighted by molar-refractivity contribution is 0.561. The van der Waals surface area contributed by atoms with E-state index >= 15 is 0 Å². The van der Waals surface area contributed by atoms with Crippen molar-refractivity contribution >= 4 is 0 Å². The third-order valence-electron chi connectivity index (χ3n) is 3.55. The van der Waals surface area contributed by atoms with Crippen LogP contribution in [0.1, 0.15) is 36.3 Å². The minimum atomic E-state index is 0.203. The molecule has 3 rings (SSSR count). The number of aryl methyl sites for hydroxylation is 1. The van der Waals surface area contributed by atoms with E-state index in [1.165, 1.54) is 12.8 Å². The minimum Gasteiger partial charge on any atom is -0.312 e. The number of nitrogens with one attached hydrogen (secondary N) is 1. The summed E-state index contributed by atoms with van der Waals surface area (Å²) >= 11 is 0. The Morgan fingerprint density at radius 3 is 3.06 bits per heavy atom. The largest absolute Gasteiger partial charge is 0.312 e. The molecule has 1 aromatic heterocycles. The quantitative estimate of drug-likeness (QED) is 0.695. The summed E-state index contributed by atoms with van der Waals surface area (Å²) in [5, 5.41) is 3.25. The second-order valence-corrected chi connectivity index (χ2v) is 4.65. The Labute approximate surface area is 94.7 Å². The smallest absolute Gasteiger partial charge is 0.258 e. The second-order valence-electron chi connectivity index (χ2n) is 4.65. The zero-order valence-electron chi connectivity index (χ0n) is 9.46. The van der Waals surface area contributed by atoms with Crippen LogP contribution >= 0.6 is 0 Å². The van der Waals surface area contributed by atoms with Crippen LogP contribution in [0.5, 0.6) is 0 Å². The van der Waals surface area contributed by atoms with Crippen molar-refractivity contribution in [2.45, 2.75) is 45.2 Å². The molecule has 0 aliphatic carbocycles. The molecule has 0 fully saturated rings. The molecule has 0 amide bonds. The van der Waals surface area contributed by atoms with E-state index < -0.39 is 0 Å². The first kappa shape index (κ1) is 10.0. The maximum atomic E-state index is 12.3. The average Bonchev–Trinajstić information content (AvgIpc) is 2.55. The van der Waals surface area contributed by atoms with Crippen molar-refractivity contribution in [3.8, 4) is 0 Å². The Bertz CT molecular complexity index is 464. The monoisotopic (exact) mass is 219 g/mol. The van der Waals surface area contributed by atoms with E-state index in [9.17, 15) is 4.79 Å². The van der Waals surface area contributed by atoms with Gasteiger partial charge in [-0.15, -0.1) is 0 Å². The molecule has 1 N–H and O–H groups in total. The van der Waals surface area contributed by atoms with Gasteiger partial charge in [0.05, 0.1) is 11.3 Å². The standard InChI is InChI=1S/C12H17N3O/c16-12-9-8-13-6-5-10(9)14-11-4-2-1-3-7-15(11)12/h13H,1-8H2. The maximum absolute atomic E-state index is 12.3. The van der Waals surface area contributed by atoms with Gasteiger partial charge in [0.25, 0.3) is 5.56 Å². The zero-order chi connectivity index (χ0) is 11.0. The normalized spacial score (nSPS) is 19.8. The summed E-state index contributed by atoms with van der Waals surface area (Å²) in [7, 11) is 0. The van der Waals surface area contributed by atoms with Gasteiger partial charge < -0.3 is 5.32 Å². The molecule has 2 aliphatic heterocycles. The van der Waals surface area contributed by atoms with Gasteiger partial charge in [0.15, 0.2) is 0 Å². The third-order valence-corrected chi connectivity index (χ3v) is 3.55. The number of hydrogen-bond acceptors (Lipinski definition) is 3. The molecule has 0 radical (unpaired) electrons. The molecule has 3 heterocycles. The fraction of sp³-hybridized carbons (Fsp3) is 0.667. The molecular weight excluding hydrogens is 202 g/mol. The van der Waals surface area contributed by atoms with Gasteiger partial charge in [-0.2, -0.15) is 0 Å². The van der Waals surface area contributed by atoms with Crippen LogP contribution < -0.4 is 10.9 Å². The summed E-state index contributed by atoms with van der Waals surface area (Å²) in [4.78, 5) is 17.0. The lowest BCUT2D eigenvalue weighted by Gasteiger charge is -2.19. The molecule has 4 heteroatoms. The Balaban J connectivity index is 2.16. The van der Waals surface area contributed by atoms with E-state index in [0.717, 1.165) is 49.4 Å². The highest BCUT2D eigenvalue weighted by Gasteiger charge is 2.19. The molecule has 2 aliphatic rings. The Morgan fingerprint density at radius 1 is 1.19 bits per heavy atom. The van der Waals surface area contributed by atoms with Crippen molar-refractivity contribution in [1.82, 2.24) is 14.9 Å². The molecule has 1 aromatic rings. The van der Waals surface area contributed by atoms with Gasteiger partial charge in [0.1, 0.15) is 5.82 Å². The van der Waals surface area contributed by atoms with Crippen LogP contribution in [0, 0.1) is 0 Å². The van der Waals surface area contributed by atoms with E-state index in [2.05, 4.69) is 5.32 Å². The van der Waals surface area contributed by atoms with Crippen molar-refractivity contribution in [3.63, 3.8) is 0 Å². The van der Waals surface area contributed by atoms with Crippen LogP contribution in [-0.2, 0) is 25.9 Å². The topological polar surface area (TPSA) is 46.9 Å². The van der Waals surface area contributed by atoms with Crippen LogP contribution in [0.2, 0.25) is 0 Å². The van der Waals surface area contributed by atoms with Crippen molar-refractivity contribution in [1.29, 1.82) is 0 Å². The van der Waals surface area contributed by atoms with E-state index in [1.54, 1.807) is 0 Å². The summed E-state index contributed by atoms with van der Waals surface area (Å²) in [6.07, 6.45) is 5.37. The van der Waals surface area contributed by atoms with E-state index in [1.807, 2.05) is 4.57 Å². The van der Waals surface area contributed by atoms with Gasteiger partial charge >= 0.3 is 0 Å². The van der Waals surface area contributed by atoms with E-state index in [4.69, 9.17) is 4.98 Å². The molecule has 0 saturated heterocycles. The zero-order valence-corrected chi connectivity index (χ0v) is 9.46. The number of nitrogens with zero attached hydrogens (tertiary/aromatic N) is 2. The number of rotatable bonds is 0. The predicted molar refractivity (Wildman–Crippen MR) is 61.5 cm³/mol. The second kappa shape index (κ2) is 4.01. The molecule has 0 aromatic carbocycles. The number of fused-ring (bicyclic) bond motifs is 2. The Hall–Kier alpha value is -1.16. The molecule has 0 atom stereocenters. The van der Waals surface area contributed by atoms with Crippen molar-refractivity contribution in [2.24, 2.45) is 0 Å². The minimum absolute atomic E-state index is 0.203.